The van der Waals surface area contributed by atoms with E-state index in [0.717, 1.165) is 6.42 Å². The quantitative estimate of drug-likeness (QED) is 0.656. The summed E-state index contributed by atoms with van der Waals surface area (Å²) >= 11 is 0. The van der Waals surface area contributed by atoms with Crippen molar-refractivity contribution in [2.24, 2.45) is 0 Å². The summed E-state index contributed by atoms with van der Waals surface area (Å²) in [5.41, 5.74) is 3.93. The van der Waals surface area contributed by atoms with Gasteiger partial charge in [-0.3, -0.25) is 0 Å². The van der Waals surface area contributed by atoms with E-state index in [0.29, 0.717) is 0 Å². The van der Waals surface area contributed by atoms with E-state index >= 15 is 0 Å². The molecular formula is C11H15N. The van der Waals surface area contributed by atoms with Crippen molar-refractivity contribution < 1.29 is 0 Å². The van der Waals surface area contributed by atoms with Crippen LogP contribution in [0.4, 0.5) is 0 Å². The Kier molecular flexibility index (Phi) is 2.92. The Morgan fingerprint density at radius 3 is 2.92 bits per heavy atom. The molecule has 0 amide bonds. The molecule has 0 saturated heterocycles. The number of nitrogens with one attached hydrogen (secondary N) is 1. The van der Waals surface area contributed by atoms with E-state index in [4.69, 9.17) is 0 Å². The molecule has 1 heteroatoms. The second kappa shape index (κ2) is 3.96. The van der Waals surface area contributed by atoms with E-state index in [1.54, 1.807) is 6.08 Å². The average molecular weight is 161 g/mol. The van der Waals surface area contributed by atoms with E-state index in [9.17, 15) is 0 Å². The van der Waals surface area contributed by atoms with Crippen molar-refractivity contribution in [3.63, 3.8) is 0 Å². The third-order valence-electron chi connectivity index (χ3n) is 2.00. The highest BCUT2D eigenvalue weighted by Crippen LogP contribution is 2.14. The maximum Gasteiger partial charge on any atom is 0.0415 e. The number of H-pyrrole nitrogens is 1. The van der Waals surface area contributed by atoms with Gasteiger partial charge in [-0.05, 0) is 30.5 Å². The zero-order valence-electron chi connectivity index (χ0n) is 7.72. The Hall–Kier alpha value is -1.24. The summed E-state index contributed by atoms with van der Waals surface area (Å²) in [6, 6.07) is 0. The van der Waals surface area contributed by atoms with Crippen molar-refractivity contribution in [2.75, 3.05) is 0 Å². The van der Waals surface area contributed by atoms with Gasteiger partial charge in [0.05, 0.1) is 0 Å². The van der Waals surface area contributed by atoms with Crippen LogP contribution in [0.25, 0.3) is 6.08 Å². The van der Waals surface area contributed by atoms with E-state index in [-0.39, 0.29) is 0 Å². The predicted octanol–water partition coefficient (Wildman–Crippen LogP) is 3.08. The topological polar surface area (TPSA) is 15.8 Å². The van der Waals surface area contributed by atoms with Gasteiger partial charge in [-0.1, -0.05) is 25.7 Å². The van der Waals surface area contributed by atoms with E-state index in [1.165, 1.54) is 16.8 Å². The first kappa shape index (κ1) is 8.85. The lowest BCUT2D eigenvalue weighted by Gasteiger charge is -1.95. The summed E-state index contributed by atoms with van der Waals surface area (Å²) in [6.45, 7) is 7.93. The fourth-order valence-electron chi connectivity index (χ4n) is 1.35. The first-order valence-corrected chi connectivity index (χ1v) is 4.25. The summed E-state index contributed by atoms with van der Waals surface area (Å²) in [6.07, 6.45) is 8.91. The summed E-state index contributed by atoms with van der Waals surface area (Å²) in [5.74, 6) is 0. The maximum atomic E-state index is 3.64. The molecule has 0 aromatic carbocycles. The summed E-state index contributed by atoms with van der Waals surface area (Å²) < 4.78 is 0. The predicted molar refractivity (Wildman–Crippen MR) is 54.1 cm³/mol. The lowest BCUT2D eigenvalue weighted by Crippen LogP contribution is -1.83. The number of aromatic amines is 1. The van der Waals surface area contributed by atoms with Gasteiger partial charge in [0.25, 0.3) is 0 Å². The van der Waals surface area contributed by atoms with Gasteiger partial charge < -0.3 is 4.98 Å². The van der Waals surface area contributed by atoms with Crippen LogP contribution >= 0.6 is 0 Å². The van der Waals surface area contributed by atoms with Crippen LogP contribution in [-0.4, -0.2) is 4.98 Å². The van der Waals surface area contributed by atoms with Crippen molar-refractivity contribution >= 4 is 6.08 Å². The lowest BCUT2D eigenvalue weighted by atomic mass is 10.1. The average Bonchev–Trinajstić information content (AvgIpc) is 2.43. The molecule has 1 aromatic rings. The highest BCUT2D eigenvalue weighted by molar-refractivity contribution is 5.53. The number of allylic oxidation sites excluding steroid dienone is 2. The van der Waals surface area contributed by atoms with Crippen molar-refractivity contribution in [3.8, 4) is 0 Å². The molecule has 0 atom stereocenters. The molecule has 0 saturated carbocycles. The van der Waals surface area contributed by atoms with Crippen molar-refractivity contribution in [3.05, 3.63) is 41.7 Å². The van der Waals surface area contributed by atoms with Gasteiger partial charge in [0, 0.05) is 11.9 Å². The van der Waals surface area contributed by atoms with Crippen molar-refractivity contribution in [1.29, 1.82) is 0 Å². The molecular weight excluding hydrogens is 146 g/mol. The van der Waals surface area contributed by atoms with Gasteiger partial charge in [-0.15, -0.1) is 0 Å². The minimum absolute atomic E-state index is 1.08. The Morgan fingerprint density at radius 2 is 2.33 bits per heavy atom. The summed E-state index contributed by atoms with van der Waals surface area (Å²) in [7, 11) is 0. The first-order valence-electron chi connectivity index (χ1n) is 4.25. The molecule has 1 rings (SSSR count). The van der Waals surface area contributed by atoms with Crippen LogP contribution in [0.1, 0.15) is 23.7 Å². The maximum absolute atomic E-state index is 3.64. The fourth-order valence-corrected chi connectivity index (χ4v) is 1.35. The first-order chi connectivity index (χ1) is 5.79. The largest absolute Gasteiger partial charge is 0.361 e. The van der Waals surface area contributed by atoms with Gasteiger partial charge in [-0.2, -0.15) is 0 Å². The second-order valence-electron chi connectivity index (χ2n) is 2.81. The van der Waals surface area contributed by atoms with E-state index in [1.807, 2.05) is 12.3 Å². The van der Waals surface area contributed by atoms with Crippen LogP contribution in [0.3, 0.4) is 0 Å². The van der Waals surface area contributed by atoms with Gasteiger partial charge in [0.2, 0.25) is 0 Å². The van der Waals surface area contributed by atoms with Crippen LogP contribution in [-0.2, 0) is 6.42 Å². The second-order valence-corrected chi connectivity index (χ2v) is 2.81. The third kappa shape index (κ3) is 1.67. The van der Waals surface area contributed by atoms with Gasteiger partial charge in [0.1, 0.15) is 0 Å². The molecule has 0 aliphatic heterocycles. The molecule has 1 nitrogen and oxygen atoms in total. The SMILES string of the molecule is C=C/C=C\c1[nH]cc(C)c1CC. The lowest BCUT2D eigenvalue weighted by molar-refractivity contribution is 1.11. The fraction of sp³-hybridized carbons (Fsp3) is 0.273. The highest BCUT2D eigenvalue weighted by Gasteiger charge is 2.01. The van der Waals surface area contributed by atoms with Gasteiger partial charge >= 0.3 is 0 Å². The van der Waals surface area contributed by atoms with E-state index in [2.05, 4.69) is 31.5 Å². The summed E-state index contributed by atoms with van der Waals surface area (Å²) in [4.78, 5) is 3.23. The number of aryl methyl sites for hydroxylation is 1. The molecule has 0 unspecified atom stereocenters. The molecule has 0 aliphatic carbocycles. The minimum atomic E-state index is 1.08. The number of aromatic nitrogens is 1. The number of hydrogen-bond acceptors (Lipinski definition) is 0. The molecule has 64 valence electrons. The molecule has 0 aliphatic rings. The van der Waals surface area contributed by atoms with Crippen LogP contribution < -0.4 is 0 Å². The van der Waals surface area contributed by atoms with Crippen molar-refractivity contribution in [1.82, 2.24) is 4.98 Å². The third-order valence-corrected chi connectivity index (χ3v) is 2.00. The molecule has 12 heavy (non-hydrogen) atoms. The Balaban J connectivity index is 2.98. The summed E-state index contributed by atoms with van der Waals surface area (Å²) in [5, 5.41) is 0. The molecule has 1 heterocycles. The Labute approximate surface area is 73.8 Å². The molecule has 1 aromatic heterocycles. The van der Waals surface area contributed by atoms with Gasteiger partial charge in [-0.25, -0.2) is 0 Å². The van der Waals surface area contributed by atoms with Crippen LogP contribution in [0.15, 0.2) is 24.9 Å². The standard InChI is InChI=1S/C11H15N/c1-4-6-7-11-10(5-2)9(3)8-12-11/h4,6-8,12H,1,5H2,2-3H3/b7-6-. The number of rotatable bonds is 3. The molecule has 0 spiro atoms. The van der Waals surface area contributed by atoms with Crippen LogP contribution in [0.2, 0.25) is 0 Å². The zero-order valence-corrected chi connectivity index (χ0v) is 7.72. The van der Waals surface area contributed by atoms with Crippen molar-refractivity contribution in [2.45, 2.75) is 20.3 Å². The Bertz CT molecular complexity index is 292. The molecule has 0 fully saturated rings. The monoisotopic (exact) mass is 161 g/mol. The minimum Gasteiger partial charge on any atom is -0.361 e. The number of hydrogen-bond donors (Lipinski definition) is 1. The highest BCUT2D eigenvalue weighted by atomic mass is 14.7. The van der Waals surface area contributed by atoms with E-state index < -0.39 is 0 Å². The normalized spacial score (nSPS) is 10.8. The van der Waals surface area contributed by atoms with Crippen LogP contribution in [0, 0.1) is 6.92 Å². The Morgan fingerprint density at radius 1 is 1.58 bits per heavy atom. The smallest absolute Gasteiger partial charge is 0.0415 e. The zero-order chi connectivity index (χ0) is 8.97. The molecule has 1 N–H and O–H groups in total. The van der Waals surface area contributed by atoms with Crippen LogP contribution in [0.5, 0.6) is 0 Å². The van der Waals surface area contributed by atoms with Gasteiger partial charge in [0.15, 0.2) is 0 Å². The molecule has 0 radical (unpaired) electrons. The molecule has 0 bridgehead atoms.